The molecule has 1 nitrogen and oxygen atoms in total. The predicted octanol–water partition coefficient (Wildman–Crippen LogP) is 0.932. The van der Waals surface area contributed by atoms with Crippen LogP contribution in [0.4, 0.5) is 0 Å². The topological polar surface area (TPSA) is 12.0 Å². The van der Waals surface area contributed by atoms with Gasteiger partial charge in [-0.1, -0.05) is 8.20 Å². The Hall–Kier alpha value is 0.130. The van der Waals surface area contributed by atoms with Crippen LogP contribution in [0.2, 0.25) is 0 Å². The first-order chi connectivity index (χ1) is 2.81. The fourth-order valence-corrected chi connectivity index (χ4v) is 0.335. The molecule has 0 aromatic carbocycles. The van der Waals surface area contributed by atoms with Crippen LogP contribution in [-0.2, 0) is 0 Å². The molecular weight excluding hydrogens is 93.0 g/mol. The standard InChI is InChI=1S/C4H10NP/c1-4(5-2)6-3/h5H,1-3H3. The molecule has 0 unspecified atom stereocenters. The molecule has 0 aliphatic carbocycles. The Bertz CT molecular complexity index is 58.6. The molecule has 0 amide bonds. The van der Waals surface area contributed by atoms with Crippen LogP contribution in [0.1, 0.15) is 6.92 Å². The van der Waals surface area contributed by atoms with E-state index >= 15 is 0 Å². The summed E-state index contributed by atoms with van der Waals surface area (Å²) in [5.41, 5.74) is 1.31. The van der Waals surface area contributed by atoms with Crippen molar-refractivity contribution in [3.63, 3.8) is 0 Å². The summed E-state index contributed by atoms with van der Waals surface area (Å²) in [4.78, 5) is 0. The van der Waals surface area contributed by atoms with E-state index in [4.69, 9.17) is 0 Å². The number of hydrogen-bond donors (Lipinski definition) is 1. The van der Waals surface area contributed by atoms with E-state index in [0.29, 0.717) is 0 Å². The van der Waals surface area contributed by atoms with Gasteiger partial charge in [-0.05, 0) is 20.6 Å². The van der Waals surface area contributed by atoms with Crippen LogP contribution in [0.15, 0.2) is 0 Å². The van der Waals surface area contributed by atoms with E-state index in [1.54, 1.807) is 0 Å². The van der Waals surface area contributed by atoms with Gasteiger partial charge in [-0.2, -0.15) is 0 Å². The smallest absolute Gasteiger partial charge is 0.0112 e. The van der Waals surface area contributed by atoms with Crippen molar-refractivity contribution < 1.29 is 0 Å². The minimum absolute atomic E-state index is 1.31. The lowest BCUT2D eigenvalue weighted by Crippen LogP contribution is -2.10. The van der Waals surface area contributed by atoms with Gasteiger partial charge < -0.3 is 0 Å². The quantitative estimate of drug-likeness (QED) is 0.487. The molecule has 0 spiro atoms. The van der Waals surface area contributed by atoms with Crippen molar-refractivity contribution in [2.75, 3.05) is 13.7 Å². The Labute approximate surface area is 40.6 Å². The summed E-state index contributed by atoms with van der Waals surface area (Å²) >= 11 is 0. The highest BCUT2D eigenvalue weighted by Gasteiger charge is 1.71. The Morgan fingerprint density at radius 3 is 2.17 bits per heavy atom. The van der Waals surface area contributed by atoms with Crippen molar-refractivity contribution >= 4 is 13.6 Å². The minimum atomic E-state index is 1.31. The first-order valence-electron chi connectivity index (χ1n) is 1.92. The summed E-state index contributed by atoms with van der Waals surface area (Å²) in [7, 11) is 3.27. The molecule has 0 radical (unpaired) electrons. The van der Waals surface area contributed by atoms with Crippen LogP contribution in [-0.4, -0.2) is 19.1 Å². The highest BCUT2D eigenvalue weighted by atomic mass is 31.1. The Balaban J connectivity index is 3.22. The van der Waals surface area contributed by atoms with E-state index in [0.717, 1.165) is 0 Å². The molecule has 0 aliphatic heterocycles. The Morgan fingerprint density at radius 1 is 1.67 bits per heavy atom. The predicted molar refractivity (Wildman–Crippen MR) is 32.6 cm³/mol. The number of nitrogens with one attached hydrogen (secondary N) is 1. The number of hydrogen-bond acceptors (Lipinski definition) is 0. The average Bonchev–Trinajstić information content (AvgIpc) is 1.65. The number of rotatable bonds is 1. The zero-order valence-corrected chi connectivity index (χ0v) is 5.34. The van der Waals surface area contributed by atoms with Gasteiger partial charge in [0.2, 0.25) is 0 Å². The minimum Gasteiger partial charge on any atom is -0.292 e. The van der Waals surface area contributed by atoms with Gasteiger partial charge in [-0.3, -0.25) is 5.32 Å². The van der Waals surface area contributed by atoms with Gasteiger partial charge in [-0.25, -0.2) is 0 Å². The second-order valence-corrected chi connectivity index (χ2v) is 2.18. The molecule has 0 saturated carbocycles. The molecule has 6 heavy (non-hydrogen) atoms. The lowest BCUT2D eigenvalue weighted by molar-refractivity contribution is 1.19. The average molecular weight is 103 g/mol. The van der Waals surface area contributed by atoms with E-state index in [-0.39, 0.29) is 0 Å². The summed E-state index contributed by atoms with van der Waals surface area (Å²) in [5, 5.41) is 3.02. The molecule has 0 heterocycles. The Morgan fingerprint density at radius 2 is 2.17 bits per heavy atom. The van der Waals surface area contributed by atoms with Gasteiger partial charge in [0.1, 0.15) is 0 Å². The molecule has 0 rings (SSSR count). The Kier molecular flexibility index (Phi) is 3.40. The van der Waals surface area contributed by atoms with Crippen molar-refractivity contribution in [2.45, 2.75) is 6.92 Å². The van der Waals surface area contributed by atoms with Crippen LogP contribution >= 0.6 is 8.20 Å². The van der Waals surface area contributed by atoms with Crippen LogP contribution in [0, 0.1) is 0 Å². The molecule has 36 valence electrons. The second-order valence-electron chi connectivity index (χ2n) is 1.06. The molecule has 0 bridgehead atoms. The maximum absolute atomic E-state index is 3.02. The largest absolute Gasteiger partial charge is 0.292 e. The molecule has 0 saturated heterocycles. The highest BCUT2D eigenvalue weighted by Crippen LogP contribution is 1.84. The maximum atomic E-state index is 3.02. The lowest BCUT2D eigenvalue weighted by Gasteiger charge is -1.88. The van der Waals surface area contributed by atoms with E-state index in [9.17, 15) is 0 Å². The summed E-state index contributed by atoms with van der Waals surface area (Å²) in [6, 6.07) is 0. The van der Waals surface area contributed by atoms with Crippen molar-refractivity contribution in [3.05, 3.63) is 0 Å². The molecule has 0 fully saturated rings. The third-order valence-corrected chi connectivity index (χ3v) is 1.59. The first-order valence-corrected chi connectivity index (χ1v) is 3.26. The second kappa shape index (κ2) is 3.32. The molecular formula is C4H10NP. The molecule has 2 heteroatoms. The third-order valence-electron chi connectivity index (χ3n) is 0.697. The fraction of sp³-hybridized carbons (Fsp3) is 0.750. The van der Waals surface area contributed by atoms with Gasteiger partial charge in [0.15, 0.2) is 0 Å². The SMILES string of the molecule is CN/C(C)=P/C. The monoisotopic (exact) mass is 103 g/mol. The third kappa shape index (κ3) is 2.37. The van der Waals surface area contributed by atoms with Crippen LogP contribution in [0.5, 0.6) is 0 Å². The summed E-state index contributed by atoms with van der Waals surface area (Å²) in [6.07, 6.45) is 0. The zero-order valence-electron chi connectivity index (χ0n) is 4.45. The molecule has 0 aromatic heterocycles. The summed E-state index contributed by atoms with van der Waals surface area (Å²) < 4.78 is 0. The summed E-state index contributed by atoms with van der Waals surface area (Å²) in [5.74, 6) is 0. The first kappa shape index (κ1) is 6.13. The van der Waals surface area contributed by atoms with E-state index < -0.39 is 0 Å². The van der Waals surface area contributed by atoms with Crippen LogP contribution in [0.3, 0.4) is 0 Å². The fourth-order valence-electron chi connectivity index (χ4n) is 0.112. The van der Waals surface area contributed by atoms with Crippen molar-refractivity contribution in [1.29, 1.82) is 0 Å². The van der Waals surface area contributed by atoms with Crippen LogP contribution < -0.4 is 5.32 Å². The van der Waals surface area contributed by atoms with Gasteiger partial charge in [0.25, 0.3) is 0 Å². The lowest BCUT2D eigenvalue weighted by atomic mass is 10.8. The van der Waals surface area contributed by atoms with E-state index in [1.165, 1.54) is 13.6 Å². The maximum Gasteiger partial charge on any atom is 0.0112 e. The van der Waals surface area contributed by atoms with Crippen molar-refractivity contribution in [3.8, 4) is 0 Å². The van der Waals surface area contributed by atoms with Gasteiger partial charge in [-0.15, -0.1) is 0 Å². The normalized spacial score (nSPS) is 12.2. The molecule has 1 N–H and O–H groups in total. The van der Waals surface area contributed by atoms with E-state index in [1.807, 2.05) is 7.05 Å². The van der Waals surface area contributed by atoms with Gasteiger partial charge >= 0.3 is 0 Å². The molecule has 0 aliphatic rings. The summed E-state index contributed by atoms with van der Waals surface area (Å²) in [6.45, 7) is 4.17. The highest BCUT2D eigenvalue weighted by molar-refractivity contribution is 7.39. The molecule has 0 aromatic rings. The van der Waals surface area contributed by atoms with Gasteiger partial charge in [0, 0.05) is 5.42 Å². The molecule has 0 atom stereocenters. The van der Waals surface area contributed by atoms with Crippen molar-refractivity contribution in [1.82, 2.24) is 5.32 Å². The van der Waals surface area contributed by atoms with Crippen molar-refractivity contribution in [2.24, 2.45) is 0 Å². The zero-order chi connectivity index (χ0) is 4.99. The van der Waals surface area contributed by atoms with Gasteiger partial charge in [0.05, 0.1) is 0 Å². The van der Waals surface area contributed by atoms with E-state index in [2.05, 4.69) is 18.9 Å². The van der Waals surface area contributed by atoms with Crippen LogP contribution in [0.25, 0.3) is 0 Å².